The summed E-state index contributed by atoms with van der Waals surface area (Å²) in [5.74, 6) is 0.616. The molecule has 1 saturated heterocycles. The van der Waals surface area contributed by atoms with Crippen LogP contribution in [0.4, 0.5) is 4.79 Å². The van der Waals surface area contributed by atoms with Crippen molar-refractivity contribution in [1.29, 1.82) is 0 Å². The lowest BCUT2D eigenvalue weighted by Gasteiger charge is -2.43. The molecule has 0 saturated carbocycles. The van der Waals surface area contributed by atoms with Gasteiger partial charge in [0, 0.05) is 33.0 Å². The molecule has 0 unspecified atom stereocenters. The Balaban J connectivity index is 1.71. The van der Waals surface area contributed by atoms with E-state index in [9.17, 15) is 9.59 Å². The van der Waals surface area contributed by atoms with Crippen LogP contribution in [-0.2, 0) is 11.8 Å². The average molecular weight is 335 g/mol. The molecule has 24 heavy (non-hydrogen) atoms. The first kappa shape index (κ1) is 16.8. The Bertz CT molecular complexity index is 679. The third kappa shape index (κ3) is 2.99. The highest BCUT2D eigenvalue weighted by Crippen LogP contribution is 2.40. The van der Waals surface area contributed by atoms with Gasteiger partial charge >= 0.3 is 6.09 Å². The molecule has 7 heteroatoms. The van der Waals surface area contributed by atoms with Gasteiger partial charge in [-0.15, -0.1) is 0 Å². The lowest BCUT2D eigenvalue weighted by atomic mass is 9.83. The van der Waals surface area contributed by atoms with E-state index in [0.29, 0.717) is 43.8 Å². The van der Waals surface area contributed by atoms with Crippen LogP contribution in [0.3, 0.4) is 0 Å². The predicted octanol–water partition coefficient (Wildman–Crippen LogP) is 2.46. The first-order valence-corrected chi connectivity index (χ1v) is 8.34. The number of amides is 1. The van der Waals surface area contributed by atoms with Gasteiger partial charge in [-0.25, -0.2) is 4.79 Å². The number of hydrogen-bond donors (Lipinski definition) is 0. The van der Waals surface area contributed by atoms with Crippen LogP contribution in [-0.4, -0.2) is 50.8 Å². The third-order valence-corrected chi connectivity index (χ3v) is 4.67. The number of likely N-dealkylation sites (tertiary alicyclic amines) is 1. The molecule has 1 spiro atoms. The van der Waals surface area contributed by atoms with Gasteiger partial charge in [0.1, 0.15) is 11.2 Å². The van der Waals surface area contributed by atoms with Crippen LogP contribution in [0, 0.1) is 6.92 Å². The number of rotatable bonds is 0. The molecule has 0 radical (unpaired) electrons. The van der Waals surface area contributed by atoms with Gasteiger partial charge in [-0.1, -0.05) is 0 Å². The van der Waals surface area contributed by atoms with Crippen LogP contribution < -0.4 is 4.74 Å². The van der Waals surface area contributed by atoms with Crippen molar-refractivity contribution >= 4 is 11.9 Å². The summed E-state index contributed by atoms with van der Waals surface area (Å²) >= 11 is 0. The number of aryl methyl sites for hydroxylation is 1. The molecule has 0 aliphatic carbocycles. The molecule has 0 bridgehead atoms. The van der Waals surface area contributed by atoms with Crippen molar-refractivity contribution in [2.24, 2.45) is 7.05 Å². The van der Waals surface area contributed by atoms with Crippen molar-refractivity contribution < 1.29 is 19.1 Å². The van der Waals surface area contributed by atoms with Crippen molar-refractivity contribution in [2.75, 3.05) is 13.1 Å². The first-order valence-electron chi connectivity index (χ1n) is 8.34. The fraction of sp³-hybridized carbons (Fsp3) is 0.706. The number of piperidine rings is 1. The molecule has 1 aromatic heterocycles. The number of carbonyl (C=O) groups is 2. The standard InChI is InChI=1S/C17H25N3O4/c1-11-14-13(18-19(11)5)12(21)10-17(23-14)6-8-20(9-7-17)15(22)24-16(2,3)4/h6-10H2,1-5H3. The second-order valence-corrected chi connectivity index (χ2v) is 7.74. The summed E-state index contributed by atoms with van der Waals surface area (Å²) in [7, 11) is 1.81. The van der Waals surface area contributed by atoms with Crippen molar-refractivity contribution in [1.82, 2.24) is 14.7 Å². The number of aromatic nitrogens is 2. The minimum absolute atomic E-state index is 0.0191. The molecule has 2 aliphatic heterocycles. The zero-order valence-corrected chi connectivity index (χ0v) is 15.0. The molecule has 1 fully saturated rings. The molecule has 3 rings (SSSR count). The average Bonchev–Trinajstić information content (AvgIpc) is 2.74. The molecule has 7 nitrogen and oxygen atoms in total. The zero-order chi connectivity index (χ0) is 17.7. The highest BCUT2D eigenvalue weighted by Gasteiger charge is 2.46. The highest BCUT2D eigenvalue weighted by atomic mass is 16.6. The van der Waals surface area contributed by atoms with Gasteiger partial charge in [-0.05, 0) is 27.7 Å². The van der Waals surface area contributed by atoms with E-state index in [2.05, 4.69) is 5.10 Å². The lowest BCUT2D eigenvalue weighted by molar-refractivity contribution is -0.0230. The van der Waals surface area contributed by atoms with Gasteiger partial charge in [0.15, 0.2) is 17.2 Å². The monoisotopic (exact) mass is 335 g/mol. The number of Topliss-reactive ketones (excluding diaryl/α,β-unsaturated/α-hetero) is 1. The number of fused-ring (bicyclic) bond motifs is 1. The van der Waals surface area contributed by atoms with E-state index in [1.54, 1.807) is 9.58 Å². The van der Waals surface area contributed by atoms with Crippen LogP contribution in [0.1, 0.15) is 56.2 Å². The second-order valence-electron chi connectivity index (χ2n) is 7.74. The van der Waals surface area contributed by atoms with Crippen LogP contribution in [0.15, 0.2) is 0 Å². The molecule has 0 N–H and O–H groups in total. The molecule has 0 atom stereocenters. The van der Waals surface area contributed by atoms with Gasteiger partial charge in [0.05, 0.1) is 12.1 Å². The minimum Gasteiger partial charge on any atom is -0.482 e. The van der Waals surface area contributed by atoms with Crippen LogP contribution >= 0.6 is 0 Å². The summed E-state index contributed by atoms with van der Waals surface area (Å²) in [6.45, 7) is 8.51. The molecular formula is C17H25N3O4. The largest absolute Gasteiger partial charge is 0.482 e. The van der Waals surface area contributed by atoms with Crippen molar-refractivity contribution in [2.45, 2.75) is 58.2 Å². The second kappa shape index (κ2) is 5.50. The molecular weight excluding hydrogens is 310 g/mol. The normalized spacial score (nSPS) is 19.9. The predicted molar refractivity (Wildman–Crippen MR) is 87.3 cm³/mol. The van der Waals surface area contributed by atoms with Gasteiger partial charge < -0.3 is 14.4 Å². The number of carbonyl (C=O) groups excluding carboxylic acids is 2. The molecule has 1 aromatic rings. The Labute approximate surface area is 141 Å². The summed E-state index contributed by atoms with van der Waals surface area (Å²) in [5.41, 5.74) is 0.240. The van der Waals surface area contributed by atoms with E-state index in [-0.39, 0.29) is 11.9 Å². The van der Waals surface area contributed by atoms with E-state index >= 15 is 0 Å². The number of ketones is 1. The minimum atomic E-state index is -0.531. The Morgan fingerprint density at radius 1 is 1.29 bits per heavy atom. The van der Waals surface area contributed by atoms with Crippen LogP contribution in [0.5, 0.6) is 5.75 Å². The maximum atomic E-state index is 12.5. The van der Waals surface area contributed by atoms with Crippen molar-refractivity contribution in [3.63, 3.8) is 0 Å². The van der Waals surface area contributed by atoms with Crippen LogP contribution in [0.2, 0.25) is 0 Å². The molecule has 132 valence electrons. The third-order valence-electron chi connectivity index (χ3n) is 4.67. The van der Waals surface area contributed by atoms with E-state index in [1.165, 1.54) is 0 Å². The Kier molecular flexibility index (Phi) is 3.85. The maximum Gasteiger partial charge on any atom is 0.410 e. The molecule has 0 aromatic carbocycles. The number of hydrogen-bond acceptors (Lipinski definition) is 5. The zero-order valence-electron chi connectivity index (χ0n) is 15.0. The summed E-state index contributed by atoms with van der Waals surface area (Å²) in [6.07, 6.45) is 1.24. The van der Waals surface area contributed by atoms with Crippen molar-refractivity contribution in [3.05, 3.63) is 11.4 Å². The summed E-state index contributed by atoms with van der Waals surface area (Å²) < 4.78 is 13.3. The SMILES string of the molecule is Cc1c2c(nn1C)C(=O)CC1(CCN(C(=O)OC(C)(C)C)CC1)O2. The van der Waals surface area contributed by atoms with Crippen molar-refractivity contribution in [3.8, 4) is 5.75 Å². The van der Waals surface area contributed by atoms with Gasteiger partial charge in [0.2, 0.25) is 0 Å². The first-order chi connectivity index (χ1) is 11.1. The molecule has 3 heterocycles. The van der Waals surface area contributed by atoms with E-state index < -0.39 is 11.2 Å². The Morgan fingerprint density at radius 2 is 1.92 bits per heavy atom. The fourth-order valence-corrected chi connectivity index (χ4v) is 3.22. The van der Waals surface area contributed by atoms with Gasteiger partial charge in [0.25, 0.3) is 0 Å². The van der Waals surface area contributed by atoms with E-state index in [0.717, 1.165) is 5.69 Å². The topological polar surface area (TPSA) is 73.7 Å². The maximum absolute atomic E-state index is 12.5. The highest BCUT2D eigenvalue weighted by molar-refractivity contribution is 5.98. The van der Waals surface area contributed by atoms with Gasteiger partial charge in [-0.2, -0.15) is 5.10 Å². The Morgan fingerprint density at radius 3 is 2.50 bits per heavy atom. The molecule has 2 aliphatic rings. The quantitative estimate of drug-likeness (QED) is 0.728. The number of nitrogens with zero attached hydrogens (tertiary/aromatic N) is 3. The Hall–Kier alpha value is -2.05. The molecule has 1 amide bonds. The van der Waals surface area contributed by atoms with Gasteiger partial charge in [-0.3, -0.25) is 9.48 Å². The number of ether oxygens (including phenoxy) is 2. The summed E-state index contributed by atoms with van der Waals surface area (Å²) in [4.78, 5) is 26.3. The summed E-state index contributed by atoms with van der Waals surface area (Å²) in [5, 5.41) is 4.25. The lowest BCUT2D eigenvalue weighted by Crippen LogP contribution is -2.53. The van der Waals surface area contributed by atoms with Crippen LogP contribution in [0.25, 0.3) is 0 Å². The summed E-state index contributed by atoms with van der Waals surface area (Å²) in [6, 6.07) is 0. The van der Waals surface area contributed by atoms with E-state index in [4.69, 9.17) is 9.47 Å². The van der Waals surface area contributed by atoms with E-state index in [1.807, 2.05) is 34.7 Å². The smallest absolute Gasteiger partial charge is 0.410 e. The fourth-order valence-electron chi connectivity index (χ4n) is 3.22.